The van der Waals surface area contributed by atoms with Crippen LogP contribution in [0.15, 0.2) is 83.8 Å². The van der Waals surface area contributed by atoms with Gasteiger partial charge < -0.3 is 10.6 Å². The van der Waals surface area contributed by atoms with E-state index in [2.05, 4.69) is 15.4 Å². The lowest BCUT2D eigenvalue weighted by Crippen LogP contribution is -2.21. The predicted octanol–water partition coefficient (Wildman–Crippen LogP) is 4.33. The molecule has 3 N–H and O–H groups in total. The van der Waals surface area contributed by atoms with Crippen molar-refractivity contribution in [2.24, 2.45) is 0 Å². The fraction of sp³-hybridized carbons (Fsp3) is 0.0476. The van der Waals surface area contributed by atoms with Gasteiger partial charge in [0.15, 0.2) is 5.78 Å². The summed E-state index contributed by atoms with van der Waals surface area (Å²) >= 11 is 0. The van der Waals surface area contributed by atoms with Crippen molar-refractivity contribution in [3.63, 3.8) is 0 Å². The van der Waals surface area contributed by atoms with Crippen molar-refractivity contribution in [3.8, 4) is 0 Å². The maximum Gasteiger partial charge on any atom is 0.323 e. The maximum atomic E-state index is 12.7. The number of hydrogen-bond donors (Lipinski definition) is 3. The third-order valence-corrected chi connectivity index (χ3v) is 5.40. The Morgan fingerprint density at radius 1 is 0.724 bits per heavy atom. The molecule has 0 bridgehead atoms. The van der Waals surface area contributed by atoms with E-state index in [4.69, 9.17) is 0 Å². The third kappa shape index (κ3) is 5.20. The van der Waals surface area contributed by atoms with Crippen molar-refractivity contribution >= 4 is 38.9 Å². The fourth-order valence-electron chi connectivity index (χ4n) is 2.56. The van der Waals surface area contributed by atoms with Crippen molar-refractivity contribution in [2.75, 3.05) is 15.4 Å². The molecule has 29 heavy (non-hydrogen) atoms. The lowest BCUT2D eigenvalue weighted by molar-refractivity contribution is 0.101. The minimum Gasteiger partial charge on any atom is -0.308 e. The normalized spacial score (nSPS) is 10.8. The van der Waals surface area contributed by atoms with E-state index in [1.54, 1.807) is 48.5 Å². The van der Waals surface area contributed by atoms with E-state index in [-0.39, 0.29) is 16.4 Å². The number of sulfonamides is 1. The Morgan fingerprint density at radius 3 is 1.93 bits per heavy atom. The topological polar surface area (TPSA) is 104 Å². The van der Waals surface area contributed by atoms with Gasteiger partial charge in [-0.05, 0) is 43.3 Å². The summed E-state index contributed by atoms with van der Waals surface area (Å²) in [6, 6.07) is 20.4. The highest BCUT2D eigenvalue weighted by atomic mass is 32.2. The zero-order chi connectivity index (χ0) is 20.9. The highest BCUT2D eigenvalue weighted by Crippen LogP contribution is 2.25. The van der Waals surface area contributed by atoms with Crippen LogP contribution in [0.1, 0.15) is 17.3 Å². The summed E-state index contributed by atoms with van der Waals surface area (Å²) < 4.78 is 27.8. The minimum absolute atomic E-state index is 0.00559. The Morgan fingerprint density at radius 2 is 1.31 bits per heavy atom. The number of ketones is 1. The number of nitrogens with one attached hydrogen (secondary N) is 3. The monoisotopic (exact) mass is 409 g/mol. The first kappa shape index (κ1) is 20.1. The van der Waals surface area contributed by atoms with Crippen LogP contribution in [0.3, 0.4) is 0 Å². The molecule has 0 radical (unpaired) electrons. The van der Waals surface area contributed by atoms with Crippen LogP contribution < -0.4 is 15.4 Å². The Labute approximate surface area is 168 Å². The second-order valence-electron chi connectivity index (χ2n) is 6.18. The summed E-state index contributed by atoms with van der Waals surface area (Å²) in [6.07, 6.45) is 0. The molecule has 3 aromatic rings. The van der Waals surface area contributed by atoms with Crippen LogP contribution in [0.2, 0.25) is 0 Å². The average molecular weight is 409 g/mol. The predicted molar refractivity (Wildman–Crippen MR) is 113 cm³/mol. The SMILES string of the molecule is CC(=O)c1ccc(S(=O)(=O)Nc2ccccc2NC(=O)Nc2ccccc2)cc1. The smallest absolute Gasteiger partial charge is 0.308 e. The first-order chi connectivity index (χ1) is 13.8. The van der Waals surface area contributed by atoms with Crippen LogP contribution in [0, 0.1) is 0 Å². The summed E-state index contributed by atoms with van der Waals surface area (Å²) in [5.41, 5.74) is 1.54. The number of Topliss-reactive ketones (excluding diaryl/α,β-unsaturated/α-hetero) is 1. The van der Waals surface area contributed by atoms with Crippen molar-refractivity contribution in [2.45, 2.75) is 11.8 Å². The molecule has 0 unspecified atom stereocenters. The number of amides is 2. The minimum atomic E-state index is -3.91. The second kappa shape index (κ2) is 8.57. The molecule has 0 atom stereocenters. The number of hydrogen-bond acceptors (Lipinski definition) is 4. The van der Waals surface area contributed by atoms with E-state index in [9.17, 15) is 18.0 Å². The number of rotatable bonds is 6. The van der Waals surface area contributed by atoms with Crippen molar-refractivity contribution in [3.05, 3.63) is 84.4 Å². The van der Waals surface area contributed by atoms with Gasteiger partial charge in [-0.1, -0.05) is 42.5 Å². The average Bonchev–Trinajstić information content (AvgIpc) is 2.70. The molecule has 7 nitrogen and oxygen atoms in total. The zero-order valence-corrected chi connectivity index (χ0v) is 16.4. The Hall–Kier alpha value is -3.65. The molecule has 0 saturated carbocycles. The van der Waals surface area contributed by atoms with Crippen molar-refractivity contribution < 1.29 is 18.0 Å². The number of carbonyl (C=O) groups excluding carboxylic acids is 2. The first-order valence-corrected chi connectivity index (χ1v) is 10.2. The van der Waals surface area contributed by atoms with Gasteiger partial charge in [0, 0.05) is 11.3 Å². The van der Waals surface area contributed by atoms with Crippen molar-refractivity contribution in [1.82, 2.24) is 0 Å². The Balaban J connectivity index is 1.77. The molecule has 0 aliphatic heterocycles. The summed E-state index contributed by atoms with van der Waals surface area (Å²) in [4.78, 5) is 23.6. The molecule has 3 rings (SSSR count). The number of benzene rings is 3. The Bertz CT molecular complexity index is 1130. The molecule has 148 valence electrons. The Kier molecular flexibility index (Phi) is 5.94. The number of urea groups is 1. The van der Waals surface area contributed by atoms with E-state index >= 15 is 0 Å². The zero-order valence-electron chi connectivity index (χ0n) is 15.5. The van der Waals surface area contributed by atoms with Gasteiger partial charge in [-0.15, -0.1) is 0 Å². The van der Waals surface area contributed by atoms with Gasteiger partial charge in [-0.2, -0.15) is 0 Å². The number of para-hydroxylation sites is 3. The molecule has 0 saturated heterocycles. The highest BCUT2D eigenvalue weighted by Gasteiger charge is 2.17. The molecule has 0 fully saturated rings. The van der Waals surface area contributed by atoms with Gasteiger partial charge in [0.2, 0.25) is 0 Å². The molecule has 0 aromatic heterocycles. The highest BCUT2D eigenvalue weighted by molar-refractivity contribution is 7.92. The van der Waals surface area contributed by atoms with E-state index in [1.165, 1.54) is 31.2 Å². The van der Waals surface area contributed by atoms with E-state index in [0.29, 0.717) is 16.9 Å². The van der Waals surface area contributed by atoms with Crippen LogP contribution in [-0.4, -0.2) is 20.2 Å². The van der Waals surface area contributed by atoms with Gasteiger partial charge in [0.1, 0.15) is 0 Å². The maximum absolute atomic E-state index is 12.7. The van der Waals surface area contributed by atoms with Gasteiger partial charge in [0.25, 0.3) is 10.0 Å². The fourth-order valence-corrected chi connectivity index (χ4v) is 3.64. The molecular formula is C21H19N3O4S. The quantitative estimate of drug-likeness (QED) is 0.527. The van der Waals surface area contributed by atoms with Crippen LogP contribution in [0.4, 0.5) is 21.9 Å². The lowest BCUT2D eigenvalue weighted by Gasteiger charge is -2.14. The lowest BCUT2D eigenvalue weighted by atomic mass is 10.2. The number of carbonyl (C=O) groups is 2. The van der Waals surface area contributed by atoms with Gasteiger partial charge in [0.05, 0.1) is 16.3 Å². The summed E-state index contributed by atoms with van der Waals surface area (Å²) in [5, 5.41) is 5.31. The molecule has 0 aliphatic carbocycles. The van der Waals surface area contributed by atoms with Gasteiger partial charge in [-0.3, -0.25) is 9.52 Å². The largest absolute Gasteiger partial charge is 0.323 e. The molecule has 8 heteroatoms. The van der Waals surface area contributed by atoms with E-state index in [0.717, 1.165) is 0 Å². The van der Waals surface area contributed by atoms with Crippen LogP contribution in [0.5, 0.6) is 0 Å². The summed E-state index contributed by atoms with van der Waals surface area (Å²) in [6.45, 7) is 1.41. The molecule has 0 heterocycles. The second-order valence-corrected chi connectivity index (χ2v) is 7.86. The van der Waals surface area contributed by atoms with Crippen LogP contribution in [0.25, 0.3) is 0 Å². The molecular weight excluding hydrogens is 390 g/mol. The van der Waals surface area contributed by atoms with E-state index in [1.807, 2.05) is 6.07 Å². The standard InChI is InChI=1S/C21H19N3O4S/c1-15(25)16-11-13-18(14-12-16)29(27,28)24-20-10-6-5-9-19(20)23-21(26)22-17-7-3-2-4-8-17/h2-14,24H,1H3,(H2,22,23,26). The molecule has 0 aliphatic rings. The summed E-state index contributed by atoms with van der Waals surface area (Å²) in [5.74, 6) is -0.152. The van der Waals surface area contributed by atoms with Gasteiger partial charge in [-0.25, -0.2) is 13.2 Å². The molecule has 3 aromatic carbocycles. The molecule has 2 amide bonds. The molecule has 0 spiro atoms. The van der Waals surface area contributed by atoms with Crippen LogP contribution in [-0.2, 0) is 10.0 Å². The third-order valence-electron chi connectivity index (χ3n) is 4.02. The summed E-state index contributed by atoms with van der Waals surface area (Å²) in [7, 11) is -3.91. The first-order valence-electron chi connectivity index (χ1n) is 8.71. The van der Waals surface area contributed by atoms with E-state index < -0.39 is 16.1 Å². The van der Waals surface area contributed by atoms with Gasteiger partial charge >= 0.3 is 6.03 Å². The number of anilines is 3. The van der Waals surface area contributed by atoms with Crippen LogP contribution >= 0.6 is 0 Å². The van der Waals surface area contributed by atoms with Crippen molar-refractivity contribution in [1.29, 1.82) is 0 Å².